The second kappa shape index (κ2) is 15.0. The maximum Gasteiger partial charge on any atom is 2.00 e. The van der Waals surface area contributed by atoms with Crippen molar-refractivity contribution in [3.63, 3.8) is 0 Å². The zero-order valence-electron chi connectivity index (χ0n) is 20.5. The minimum absolute atomic E-state index is 0. The molecular weight excluding hydrogens is 496 g/mol. The summed E-state index contributed by atoms with van der Waals surface area (Å²) in [5.74, 6) is -0.403. The van der Waals surface area contributed by atoms with Crippen molar-refractivity contribution in [1.82, 2.24) is 10.6 Å². The predicted molar refractivity (Wildman–Crippen MR) is 136 cm³/mol. The van der Waals surface area contributed by atoms with Crippen molar-refractivity contribution in [2.24, 2.45) is 0 Å². The Morgan fingerprint density at radius 1 is 0.806 bits per heavy atom. The summed E-state index contributed by atoms with van der Waals surface area (Å²) in [6.07, 6.45) is 17.7. The third kappa shape index (κ3) is 8.35. The third-order valence-corrected chi connectivity index (χ3v) is 5.40. The summed E-state index contributed by atoms with van der Waals surface area (Å²) in [7, 11) is 0. The van der Waals surface area contributed by atoms with Crippen molar-refractivity contribution in [2.75, 3.05) is 6.61 Å². The van der Waals surface area contributed by atoms with Gasteiger partial charge < -0.3 is 15.4 Å². The van der Waals surface area contributed by atoms with E-state index in [4.69, 9.17) is 4.74 Å². The molecule has 0 spiro atoms. The van der Waals surface area contributed by atoms with E-state index in [2.05, 4.69) is 10.6 Å². The molecule has 2 N–H and O–H groups in total. The predicted octanol–water partition coefficient (Wildman–Crippen LogP) is 3.80. The maximum atomic E-state index is 13.1. The van der Waals surface area contributed by atoms with Crippen LogP contribution in [0.1, 0.15) is 36.7 Å². The van der Waals surface area contributed by atoms with Gasteiger partial charge in [-0.3, -0.25) is 9.59 Å². The molecule has 2 aromatic rings. The Balaban J connectivity index is 0.000000678. The third-order valence-electron chi connectivity index (χ3n) is 5.40. The summed E-state index contributed by atoms with van der Waals surface area (Å²) >= 11 is 0. The molecule has 2 fully saturated rings. The fraction of sp³-hybridized carbons (Fsp3) is 0.207. The molecule has 2 aromatic carbocycles. The van der Waals surface area contributed by atoms with Gasteiger partial charge in [-0.1, -0.05) is 24.3 Å². The summed E-state index contributed by atoms with van der Waals surface area (Å²) in [5.41, 5.74) is 1.28. The number of amides is 2. The summed E-state index contributed by atoms with van der Waals surface area (Å²) in [6.45, 7) is 5.05. The molecule has 2 aliphatic rings. The van der Waals surface area contributed by atoms with E-state index in [0.29, 0.717) is 5.56 Å². The maximum absolute atomic E-state index is 13.1. The fourth-order valence-electron chi connectivity index (χ4n) is 3.55. The van der Waals surface area contributed by atoms with Crippen molar-refractivity contribution in [1.29, 1.82) is 0 Å². The van der Waals surface area contributed by atoms with Crippen LogP contribution in [-0.4, -0.2) is 36.5 Å². The number of carbonyl (C=O) groups excluding carboxylic acids is 3. The van der Waals surface area contributed by atoms with E-state index in [0.717, 1.165) is 22.3 Å². The SMILES string of the molecule is CCOC(=O)[C@H](C)NC(=O)[C@H](C)NC(=O)c1cc2ccccc2cc1[C]1[CH][CH][CH][CH]1.[CH]1[CH][CH][CH][CH]1.[Fe+2]. The van der Waals surface area contributed by atoms with Crippen LogP contribution in [0.5, 0.6) is 0 Å². The van der Waals surface area contributed by atoms with E-state index in [1.54, 1.807) is 20.8 Å². The smallest absolute Gasteiger partial charge is 0.464 e. The fourth-order valence-corrected chi connectivity index (χ4v) is 3.55. The number of nitrogens with one attached hydrogen (secondary N) is 2. The van der Waals surface area contributed by atoms with E-state index < -0.39 is 24.0 Å². The van der Waals surface area contributed by atoms with Crippen LogP contribution < -0.4 is 10.6 Å². The molecule has 7 heteroatoms. The van der Waals surface area contributed by atoms with Gasteiger partial charge in [0, 0.05) is 11.5 Å². The number of hydrogen-bond acceptors (Lipinski definition) is 4. The molecule has 186 valence electrons. The Labute approximate surface area is 225 Å². The zero-order chi connectivity index (χ0) is 25.2. The molecule has 2 atom stereocenters. The van der Waals surface area contributed by atoms with Crippen molar-refractivity contribution in [3.8, 4) is 0 Å². The van der Waals surface area contributed by atoms with Gasteiger partial charge >= 0.3 is 23.0 Å². The molecule has 0 aliphatic heterocycles. The summed E-state index contributed by atoms with van der Waals surface area (Å²) in [4.78, 5) is 37.2. The van der Waals surface area contributed by atoms with E-state index in [1.165, 1.54) is 0 Å². The van der Waals surface area contributed by atoms with E-state index in [1.807, 2.05) is 94.2 Å². The Morgan fingerprint density at radius 3 is 1.92 bits per heavy atom. The van der Waals surface area contributed by atoms with Crippen molar-refractivity contribution >= 4 is 28.6 Å². The molecule has 36 heavy (non-hydrogen) atoms. The Bertz CT molecular complexity index is 1010. The second-order valence-electron chi connectivity index (χ2n) is 8.06. The zero-order valence-corrected chi connectivity index (χ0v) is 21.6. The number of carbonyl (C=O) groups is 3. The average Bonchev–Trinajstić information content (AvgIpc) is 3.60. The summed E-state index contributed by atoms with van der Waals surface area (Å²) in [6, 6.07) is 10.00. The van der Waals surface area contributed by atoms with Crippen LogP contribution in [0.15, 0.2) is 36.4 Å². The van der Waals surface area contributed by atoms with Crippen LogP contribution in [0.25, 0.3) is 10.8 Å². The average molecular weight is 526 g/mol. The van der Waals surface area contributed by atoms with Crippen molar-refractivity contribution in [2.45, 2.75) is 32.9 Å². The summed E-state index contributed by atoms with van der Waals surface area (Å²) in [5, 5.41) is 7.26. The molecular formula is C29H30FeN2O4+2. The Hall–Kier alpha value is -2.37. The van der Waals surface area contributed by atoms with Crippen LogP contribution in [0.3, 0.4) is 0 Å². The molecule has 2 saturated carbocycles. The monoisotopic (exact) mass is 526 g/mol. The largest absolute Gasteiger partial charge is 2.00 e. The van der Waals surface area contributed by atoms with Crippen molar-refractivity contribution in [3.05, 3.63) is 111 Å². The Kier molecular flexibility index (Phi) is 12.5. The number of ether oxygens (including phenoxy) is 1. The minimum atomic E-state index is -0.826. The minimum Gasteiger partial charge on any atom is -0.464 e. The molecule has 0 aromatic heterocycles. The van der Waals surface area contributed by atoms with Gasteiger partial charge in [0.05, 0.1) is 6.61 Å². The molecule has 0 saturated heterocycles. The van der Waals surface area contributed by atoms with Crippen molar-refractivity contribution < 1.29 is 36.2 Å². The van der Waals surface area contributed by atoms with Gasteiger partial charge in [-0.2, -0.15) is 0 Å². The molecule has 0 heterocycles. The quantitative estimate of drug-likeness (QED) is 0.425. The van der Waals surface area contributed by atoms with E-state index in [-0.39, 0.29) is 29.6 Å². The van der Waals surface area contributed by atoms with Crippen LogP contribution in [0.4, 0.5) is 0 Å². The van der Waals surface area contributed by atoms with E-state index in [9.17, 15) is 14.4 Å². The normalized spacial score (nSPS) is 16.8. The number of hydrogen-bond donors (Lipinski definition) is 2. The van der Waals surface area contributed by atoms with Crippen LogP contribution >= 0.6 is 0 Å². The van der Waals surface area contributed by atoms with Gasteiger partial charge in [0.25, 0.3) is 5.91 Å². The van der Waals surface area contributed by atoms with Crippen LogP contribution in [0.2, 0.25) is 0 Å². The first-order valence-electron chi connectivity index (χ1n) is 11.6. The van der Waals surface area contributed by atoms with Crippen LogP contribution in [0, 0.1) is 63.7 Å². The molecule has 10 radical (unpaired) electrons. The molecule has 4 rings (SSSR count). The van der Waals surface area contributed by atoms with Gasteiger partial charge in [0.2, 0.25) is 5.91 Å². The van der Waals surface area contributed by atoms with Gasteiger partial charge in [-0.25, -0.2) is 4.79 Å². The molecule has 0 unspecified atom stereocenters. The van der Waals surface area contributed by atoms with E-state index >= 15 is 0 Å². The first kappa shape index (κ1) is 29.9. The molecule has 2 amide bonds. The number of rotatable bonds is 7. The van der Waals surface area contributed by atoms with Gasteiger partial charge in [0.1, 0.15) is 12.1 Å². The van der Waals surface area contributed by atoms with Gasteiger partial charge in [0.15, 0.2) is 0 Å². The van der Waals surface area contributed by atoms with Crippen LogP contribution in [-0.2, 0) is 31.4 Å². The van der Waals surface area contributed by atoms with Gasteiger partial charge in [-0.05, 0) is 107 Å². The Morgan fingerprint density at radius 2 is 1.36 bits per heavy atom. The molecule has 0 bridgehead atoms. The summed E-state index contributed by atoms with van der Waals surface area (Å²) < 4.78 is 4.89. The number of esters is 1. The standard InChI is InChI=1S/C24H25N2O4.C5H5.Fe/c1-4-30-24(29)16(3)26-22(27)15(2)25-23(28)21-14-19-12-8-7-11-18(19)13-20(21)17-9-5-6-10-17;1-2-4-5-3-1;/h5-16H,4H2,1-3H3,(H,25,28)(H,26,27);1-5H;/q;;+2/t15-,16-;;/m0../s1. The first-order chi connectivity index (χ1) is 16.9. The topological polar surface area (TPSA) is 84.5 Å². The first-order valence-corrected chi connectivity index (χ1v) is 11.6. The molecule has 6 nitrogen and oxygen atoms in total. The van der Waals surface area contributed by atoms with Gasteiger partial charge in [-0.15, -0.1) is 0 Å². The number of fused-ring (bicyclic) bond motifs is 1. The second-order valence-corrected chi connectivity index (χ2v) is 8.06. The number of benzene rings is 2. The molecule has 2 aliphatic carbocycles.